The molecule has 0 radical (unpaired) electrons. The second kappa shape index (κ2) is 4.64. The minimum absolute atomic E-state index is 0.931. The fourth-order valence-corrected chi connectivity index (χ4v) is 0.631. The number of aliphatic hydroxyl groups is 2. The Balaban J connectivity index is 5.13. The van der Waals surface area contributed by atoms with Crippen LogP contribution in [0.5, 0.6) is 0 Å². The highest BCUT2D eigenvalue weighted by Crippen LogP contribution is 2.20. The van der Waals surface area contributed by atoms with E-state index in [1.165, 1.54) is 20.8 Å². The van der Waals surface area contributed by atoms with Crippen LogP contribution in [0.15, 0.2) is 4.99 Å². The molecule has 0 fully saturated rings. The number of aliphatic imine (C=N–C) groups is 1. The summed E-state index contributed by atoms with van der Waals surface area (Å²) in [6.45, 7) is 4.45. The van der Waals surface area contributed by atoms with Gasteiger partial charge in [-0.25, -0.2) is 0 Å². The van der Waals surface area contributed by atoms with E-state index >= 15 is 0 Å². The number of nitrogens with zero attached hydrogens (tertiary/aromatic N) is 1. The van der Waals surface area contributed by atoms with Crippen LogP contribution in [0.4, 0.5) is 13.2 Å². The third-order valence-electron chi connectivity index (χ3n) is 1.04. The summed E-state index contributed by atoms with van der Waals surface area (Å²) in [7, 11) is 0. The molecule has 0 aromatic heterocycles. The molecule has 0 aliphatic carbocycles. The van der Waals surface area contributed by atoms with Gasteiger partial charge >= 0.3 is 6.18 Å². The van der Waals surface area contributed by atoms with Gasteiger partial charge in [-0.1, -0.05) is 0 Å². The van der Waals surface area contributed by atoms with Gasteiger partial charge in [-0.2, -0.15) is 13.2 Å². The first-order valence-electron chi connectivity index (χ1n) is 4.07. The summed E-state index contributed by atoms with van der Waals surface area (Å²) in [5.41, 5.74) is -2.25. The van der Waals surface area contributed by atoms with Crippen molar-refractivity contribution in [2.45, 2.75) is 38.8 Å². The van der Waals surface area contributed by atoms with Crippen molar-refractivity contribution < 1.29 is 23.4 Å². The highest BCUT2D eigenvalue weighted by molar-refractivity contribution is 6.04. The van der Waals surface area contributed by atoms with Gasteiger partial charge in [-0.05, 0) is 32.6 Å². The van der Waals surface area contributed by atoms with E-state index in [0.717, 1.165) is 0 Å². The van der Waals surface area contributed by atoms with E-state index in [9.17, 15) is 13.2 Å². The zero-order valence-corrected chi connectivity index (χ0v) is 8.55. The minimum Gasteiger partial charge on any atom is -0.358 e. The molecule has 0 heterocycles. The van der Waals surface area contributed by atoms with Gasteiger partial charge in [0.1, 0.15) is 0 Å². The molecule has 0 spiro atoms. The number of hydrogen-bond acceptors (Lipinski definition) is 3. The van der Waals surface area contributed by atoms with Crippen molar-refractivity contribution in [2.24, 2.45) is 4.99 Å². The number of halogens is 3. The second-order valence-electron chi connectivity index (χ2n) is 3.77. The molecule has 86 valence electrons. The Morgan fingerprint density at radius 1 is 1.20 bits per heavy atom. The van der Waals surface area contributed by atoms with E-state index in [4.69, 9.17) is 10.2 Å². The van der Waals surface area contributed by atoms with E-state index in [0.29, 0.717) is 0 Å². The average molecular weight is 223 g/mol. The average Bonchev–Trinajstić information content (AvgIpc) is 1.93. The van der Waals surface area contributed by atoms with Crippen molar-refractivity contribution in [2.75, 3.05) is 0 Å². The monoisotopic (exact) mass is 223 g/mol. The summed E-state index contributed by atoms with van der Waals surface area (Å²) < 4.78 is 36.9. The first-order chi connectivity index (χ1) is 6.52. The van der Waals surface area contributed by atoms with Gasteiger partial charge in [0.05, 0.1) is 5.54 Å². The zero-order chi connectivity index (χ0) is 12.3. The van der Waals surface area contributed by atoms with Crippen LogP contribution in [-0.2, 0) is 0 Å². The van der Waals surface area contributed by atoms with Gasteiger partial charge in [0.2, 0.25) is 6.29 Å². The maximum Gasteiger partial charge on any atom is 0.441 e. The molecule has 0 aliphatic heterocycles. The van der Waals surface area contributed by atoms with Crippen LogP contribution in [0.25, 0.3) is 0 Å². The maximum absolute atomic E-state index is 12.3. The quantitative estimate of drug-likeness (QED) is 0.367. The Hall–Kier alpha value is -1.06. The van der Waals surface area contributed by atoms with Gasteiger partial charge in [0.25, 0.3) is 0 Å². The lowest BCUT2D eigenvalue weighted by atomic mass is 10.1. The predicted octanol–water partition coefficient (Wildman–Crippen LogP) is 1.10. The smallest absolute Gasteiger partial charge is 0.358 e. The zero-order valence-electron chi connectivity index (χ0n) is 8.55. The van der Waals surface area contributed by atoms with Crippen molar-refractivity contribution in [3.8, 4) is 11.8 Å². The summed E-state index contributed by atoms with van der Waals surface area (Å²) in [5, 5.41) is 16.6. The van der Waals surface area contributed by atoms with Crippen molar-refractivity contribution in [1.82, 2.24) is 0 Å². The van der Waals surface area contributed by atoms with Crippen molar-refractivity contribution in [3.63, 3.8) is 0 Å². The molecule has 0 bridgehead atoms. The highest BCUT2D eigenvalue weighted by Gasteiger charge is 2.35. The SMILES string of the molecule is CC(C)(C)/N=C(\C#CC(O)O)C(F)(F)F. The summed E-state index contributed by atoms with van der Waals surface area (Å²) in [6.07, 6.45) is -6.78. The third kappa shape index (κ3) is 6.94. The fraction of sp³-hybridized carbons (Fsp3) is 0.667. The number of rotatable bonds is 0. The van der Waals surface area contributed by atoms with Crippen molar-refractivity contribution in [3.05, 3.63) is 0 Å². The molecule has 6 heteroatoms. The molecule has 2 N–H and O–H groups in total. The minimum atomic E-state index is -4.69. The molecule has 0 aromatic rings. The Labute approximate surface area is 85.6 Å². The van der Waals surface area contributed by atoms with Gasteiger partial charge in [-0.15, -0.1) is 0 Å². The Bertz CT molecular complexity index is 302. The number of hydrogen-bond donors (Lipinski definition) is 2. The lowest BCUT2D eigenvalue weighted by Gasteiger charge is -2.14. The predicted molar refractivity (Wildman–Crippen MR) is 49.2 cm³/mol. The molecule has 0 saturated heterocycles. The normalized spacial score (nSPS) is 13.8. The second-order valence-corrected chi connectivity index (χ2v) is 3.77. The van der Waals surface area contributed by atoms with Crippen LogP contribution in [-0.4, -0.2) is 33.9 Å². The van der Waals surface area contributed by atoms with Gasteiger partial charge < -0.3 is 10.2 Å². The third-order valence-corrected chi connectivity index (χ3v) is 1.04. The fourth-order valence-electron chi connectivity index (χ4n) is 0.631. The molecule has 0 saturated carbocycles. The lowest BCUT2D eigenvalue weighted by molar-refractivity contribution is -0.0578. The molecule has 0 unspecified atom stereocenters. The van der Waals surface area contributed by atoms with E-state index < -0.39 is 23.7 Å². The van der Waals surface area contributed by atoms with Gasteiger partial charge in [-0.3, -0.25) is 4.99 Å². The molecule has 0 amide bonds. The van der Waals surface area contributed by atoms with Crippen LogP contribution >= 0.6 is 0 Å². The molecular weight excluding hydrogens is 211 g/mol. The van der Waals surface area contributed by atoms with E-state index in [1.54, 1.807) is 11.8 Å². The number of alkyl halides is 3. The molecule has 3 nitrogen and oxygen atoms in total. The van der Waals surface area contributed by atoms with Crippen LogP contribution in [0.2, 0.25) is 0 Å². The summed E-state index contributed by atoms with van der Waals surface area (Å²) in [6, 6.07) is 0. The van der Waals surface area contributed by atoms with Crippen molar-refractivity contribution >= 4 is 5.71 Å². The molecular formula is C9H12F3NO2. The van der Waals surface area contributed by atoms with Crippen LogP contribution in [0.1, 0.15) is 20.8 Å². The lowest BCUT2D eigenvalue weighted by Crippen LogP contribution is -2.26. The van der Waals surface area contributed by atoms with Crippen LogP contribution in [0, 0.1) is 11.8 Å². The topological polar surface area (TPSA) is 52.8 Å². The molecule has 0 aromatic carbocycles. The van der Waals surface area contributed by atoms with E-state index in [2.05, 4.69) is 4.99 Å². The Morgan fingerprint density at radius 3 is 1.93 bits per heavy atom. The Morgan fingerprint density at radius 2 is 1.67 bits per heavy atom. The summed E-state index contributed by atoms with van der Waals surface area (Å²) in [4.78, 5) is 3.35. The van der Waals surface area contributed by atoms with Crippen molar-refractivity contribution in [1.29, 1.82) is 0 Å². The van der Waals surface area contributed by atoms with Gasteiger partial charge in [0.15, 0.2) is 5.71 Å². The molecule has 0 atom stereocenters. The van der Waals surface area contributed by atoms with E-state index in [1.807, 2.05) is 0 Å². The molecule has 0 aliphatic rings. The summed E-state index contributed by atoms with van der Waals surface area (Å²) in [5.74, 6) is 3.18. The standard InChI is InChI=1S/C9H12F3NO2/c1-8(2,3)13-6(9(10,11)12)4-5-7(14)15/h7,14-15H,1-3H3/b13-6+. The largest absolute Gasteiger partial charge is 0.441 e. The maximum atomic E-state index is 12.3. The Kier molecular flexibility index (Phi) is 4.31. The first-order valence-corrected chi connectivity index (χ1v) is 4.07. The summed E-state index contributed by atoms with van der Waals surface area (Å²) >= 11 is 0. The van der Waals surface area contributed by atoms with Crippen LogP contribution in [0.3, 0.4) is 0 Å². The molecule has 0 rings (SSSR count). The van der Waals surface area contributed by atoms with E-state index in [-0.39, 0.29) is 0 Å². The first kappa shape index (κ1) is 13.9. The highest BCUT2D eigenvalue weighted by atomic mass is 19.4. The van der Waals surface area contributed by atoms with Gasteiger partial charge in [0, 0.05) is 0 Å². The van der Waals surface area contributed by atoms with Crippen LogP contribution < -0.4 is 0 Å². The molecule has 15 heavy (non-hydrogen) atoms. The number of aliphatic hydroxyl groups excluding tert-OH is 1.